The van der Waals surface area contributed by atoms with Gasteiger partial charge in [0.25, 0.3) is 5.69 Å². The van der Waals surface area contributed by atoms with Crippen molar-refractivity contribution in [2.75, 3.05) is 32.1 Å². The van der Waals surface area contributed by atoms with Gasteiger partial charge in [-0.25, -0.2) is 4.39 Å². The fourth-order valence-corrected chi connectivity index (χ4v) is 2.34. The SMILES string of the molecule is CN(CCOc1ccccc1F)C(=O)CCCNc1ccc([N+](=O)[O-])cc1. The Bertz CT molecular complexity index is 768. The largest absolute Gasteiger partial charge is 0.489 e. The first-order valence-electron chi connectivity index (χ1n) is 8.57. The molecule has 2 rings (SSSR count). The number of nitrogens with one attached hydrogen (secondary N) is 1. The van der Waals surface area contributed by atoms with Crippen molar-refractivity contribution in [1.29, 1.82) is 0 Å². The van der Waals surface area contributed by atoms with E-state index in [9.17, 15) is 19.3 Å². The highest BCUT2D eigenvalue weighted by Crippen LogP contribution is 2.16. The lowest BCUT2D eigenvalue weighted by molar-refractivity contribution is -0.384. The van der Waals surface area contributed by atoms with Crippen LogP contribution in [0.5, 0.6) is 5.75 Å². The Morgan fingerprint density at radius 1 is 1.22 bits per heavy atom. The molecular formula is C19H22FN3O4. The fourth-order valence-electron chi connectivity index (χ4n) is 2.34. The van der Waals surface area contributed by atoms with Gasteiger partial charge in [-0.3, -0.25) is 14.9 Å². The first kappa shape index (κ1) is 20.2. The van der Waals surface area contributed by atoms with Crippen LogP contribution in [-0.4, -0.2) is 42.5 Å². The Kier molecular flexibility index (Phi) is 7.54. The van der Waals surface area contributed by atoms with Crippen molar-refractivity contribution in [3.8, 4) is 5.75 Å². The van der Waals surface area contributed by atoms with Gasteiger partial charge < -0.3 is 15.0 Å². The molecule has 7 nitrogen and oxygen atoms in total. The lowest BCUT2D eigenvalue weighted by Gasteiger charge is -2.17. The summed E-state index contributed by atoms with van der Waals surface area (Å²) >= 11 is 0. The van der Waals surface area contributed by atoms with E-state index in [2.05, 4.69) is 5.32 Å². The van der Waals surface area contributed by atoms with Crippen LogP contribution in [0.1, 0.15) is 12.8 Å². The van der Waals surface area contributed by atoms with Gasteiger partial charge in [0, 0.05) is 37.8 Å². The number of benzene rings is 2. The molecule has 0 unspecified atom stereocenters. The van der Waals surface area contributed by atoms with E-state index < -0.39 is 10.7 Å². The lowest BCUT2D eigenvalue weighted by atomic mass is 10.2. The number of likely N-dealkylation sites (N-methyl/N-ethyl adjacent to an activating group) is 1. The molecule has 2 aromatic rings. The van der Waals surface area contributed by atoms with Gasteiger partial charge in [0.1, 0.15) is 6.61 Å². The van der Waals surface area contributed by atoms with Crippen LogP contribution in [-0.2, 0) is 4.79 Å². The molecule has 0 bridgehead atoms. The van der Waals surface area contributed by atoms with E-state index in [4.69, 9.17) is 4.74 Å². The summed E-state index contributed by atoms with van der Waals surface area (Å²) < 4.78 is 18.8. The van der Waals surface area contributed by atoms with Crippen LogP contribution < -0.4 is 10.1 Å². The Morgan fingerprint density at radius 2 is 1.93 bits per heavy atom. The number of ether oxygens (including phenoxy) is 1. The molecule has 0 saturated carbocycles. The second kappa shape index (κ2) is 10.1. The Balaban J connectivity index is 1.63. The van der Waals surface area contributed by atoms with Gasteiger partial charge >= 0.3 is 0 Å². The molecule has 8 heteroatoms. The number of carbonyl (C=O) groups is 1. The molecule has 0 aromatic heterocycles. The second-order valence-corrected chi connectivity index (χ2v) is 5.93. The van der Waals surface area contributed by atoms with Crippen LogP contribution >= 0.6 is 0 Å². The first-order valence-corrected chi connectivity index (χ1v) is 8.57. The third-order valence-corrected chi connectivity index (χ3v) is 3.92. The molecule has 0 aliphatic rings. The zero-order valence-electron chi connectivity index (χ0n) is 15.1. The predicted molar refractivity (Wildman–Crippen MR) is 100 cm³/mol. The van der Waals surface area contributed by atoms with E-state index in [0.29, 0.717) is 25.9 Å². The van der Waals surface area contributed by atoms with E-state index in [1.165, 1.54) is 18.2 Å². The summed E-state index contributed by atoms with van der Waals surface area (Å²) in [7, 11) is 1.68. The third kappa shape index (κ3) is 6.58. The van der Waals surface area contributed by atoms with Gasteiger partial charge in [-0.1, -0.05) is 12.1 Å². The van der Waals surface area contributed by atoms with Crippen molar-refractivity contribution in [3.05, 3.63) is 64.5 Å². The molecule has 0 fully saturated rings. The van der Waals surface area contributed by atoms with Gasteiger partial charge in [-0.15, -0.1) is 0 Å². The highest BCUT2D eigenvalue weighted by molar-refractivity contribution is 5.75. The summed E-state index contributed by atoms with van der Waals surface area (Å²) in [4.78, 5) is 23.8. The second-order valence-electron chi connectivity index (χ2n) is 5.93. The number of rotatable bonds is 10. The number of nitro benzene ring substituents is 1. The smallest absolute Gasteiger partial charge is 0.269 e. The zero-order valence-corrected chi connectivity index (χ0v) is 15.1. The Labute approximate surface area is 156 Å². The minimum Gasteiger partial charge on any atom is -0.489 e. The summed E-state index contributed by atoms with van der Waals surface area (Å²) in [6.45, 7) is 1.15. The minimum absolute atomic E-state index is 0.0300. The van der Waals surface area contributed by atoms with E-state index in [1.54, 1.807) is 42.3 Å². The number of carbonyl (C=O) groups excluding carboxylic acids is 1. The molecule has 144 valence electrons. The van der Waals surface area contributed by atoms with E-state index in [0.717, 1.165) is 5.69 Å². The van der Waals surface area contributed by atoms with Gasteiger partial charge in [0.2, 0.25) is 5.91 Å². The van der Waals surface area contributed by atoms with Crippen LogP contribution in [0, 0.1) is 15.9 Å². The maximum absolute atomic E-state index is 13.4. The minimum atomic E-state index is -0.450. The molecule has 0 aliphatic heterocycles. The van der Waals surface area contributed by atoms with Crippen molar-refractivity contribution in [3.63, 3.8) is 0 Å². The molecule has 1 amide bonds. The van der Waals surface area contributed by atoms with Crippen molar-refractivity contribution < 1.29 is 18.8 Å². The topological polar surface area (TPSA) is 84.7 Å². The number of hydrogen-bond donors (Lipinski definition) is 1. The van der Waals surface area contributed by atoms with Crippen molar-refractivity contribution in [2.45, 2.75) is 12.8 Å². The first-order chi connectivity index (χ1) is 13.0. The number of nitro groups is 1. The van der Waals surface area contributed by atoms with Crippen molar-refractivity contribution >= 4 is 17.3 Å². The van der Waals surface area contributed by atoms with E-state index in [1.807, 2.05) is 0 Å². The predicted octanol–water partition coefficient (Wildman–Crippen LogP) is 3.46. The molecule has 0 spiro atoms. The third-order valence-electron chi connectivity index (χ3n) is 3.92. The van der Waals surface area contributed by atoms with Crippen LogP contribution in [0.25, 0.3) is 0 Å². The average Bonchev–Trinajstić information content (AvgIpc) is 2.66. The molecule has 1 N–H and O–H groups in total. The molecule has 0 radical (unpaired) electrons. The van der Waals surface area contributed by atoms with Crippen LogP contribution in [0.4, 0.5) is 15.8 Å². The number of amides is 1. The van der Waals surface area contributed by atoms with Gasteiger partial charge in [-0.2, -0.15) is 0 Å². The Morgan fingerprint density at radius 3 is 2.59 bits per heavy atom. The molecular weight excluding hydrogens is 353 g/mol. The highest BCUT2D eigenvalue weighted by Gasteiger charge is 2.09. The average molecular weight is 375 g/mol. The van der Waals surface area contributed by atoms with E-state index in [-0.39, 0.29) is 24.0 Å². The van der Waals surface area contributed by atoms with Crippen molar-refractivity contribution in [2.24, 2.45) is 0 Å². The monoisotopic (exact) mass is 375 g/mol. The summed E-state index contributed by atoms with van der Waals surface area (Å²) in [6.07, 6.45) is 0.977. The van der Waals surface area contributed by atoms with Gasteiger partial charge in [0.05, 0.1) is 11.5 Å². The quantitative estimate of drug-likeness (QED) is 0.390. The Hall–Kier alpha value is -3.16. The zero-order chi connectivity index (χ0) is 19.6. The van der Waals surface area contributed by atoms with E-state index >= 15 is 0 Å². The number of para-hydroxylation sites is 1. The number of anilines is 1. The molecule has 27 heavy (non-hydrogen) atoms. The molecule has 0 aliphatic carbocycles. The summed E-state index contributed by atoms with van der Waals surface area (Å²) in [5.41, 5.74) is 0.801. The summed E-state index contributed by atoms with van der Waals surface area (Å²) in [6, 6.07) is 12.3. The number of hydrogen-bond acceptors (Lipinski definition) is 5. The summed E-state index contributed by atoms with van der Waals surface area (Å²) in [5, 5.41) is 13.7. The molecule has 0 heterocycles. The number of nitrogens with zero attached hydrogens (tertiary/aromatic N) is 2. The molecule has 0 atom stereocenters. The van der Waals surface area contributed by atoms with Gasteiger partial charge in [-0.05, 0) is 30.7 Å². The van der Waals surface area contributed by atoms with Crippen LogP contribution in [0.15, 0.2) is 48.5 Å². The van der Waals surface area contributed by atoms with Crippen LogP contribution in [0.2, 0.25) is 0 Å². The van der Waals surface area contributed by atoms with Gasteiger partial charge in [0.15, 0.2) is 11.6 Å². The number of halogens is 1. The highest BCUT2D eigenvalue weighted by atomic mass is 19.1. The van der Waals surface area contributed by atoms with Crippen LogP contribution in [0.3, 0.4) is 0 Å². The standard InChI is InChI=1S/C19H22FN3O4/c1-22(13-14-27-18-6-3-2-5-17(18)20)19(24)7-4-12-21-15-8-10-16(11-9-15)23(25)26/h2-3,5-6,8-11,21H,4,7,12-14H2,1H3. The maximum atomic E-state index is 13.4. The molecule has 2 aromatic carbocycles. The molecule has 0 saturated heterocycles. The lowest BCUT2D eigenvalue weighted by Crippen LogP contribution is -2.31. The van der Waals surface area contributed by atoms with Crippen molar-refractivity contribution in [1.82, 2.24) is 4.90 Å². The normalized spacial score (nSPS) is 10.3. The summed E-state index contributed by atoms with van der Waals surface area (Å²) in [5.74, 6) is -0.285. The fraction of sp³-hybridized carbons (Fsp3) is 0.316. The number of non-ortho nitro benzene ring substituents is 1. The maximum Gasteiger partial charge on any atom is 0.269 e.